The van der Waals surface area contributed by atoms with Gasteiger partial charge in [0.15, 0.2) is 0 Å². The molecule has 0 amide bonds. The molecule has 0 aromatic rings. The average molecular weight is 283 g/mol. The fraction of sp³-hybridized carbons (Fsp3) is 0.800. The molecule has 9 heteroatoms. The molecule has 0 fully saturated rings. The summed E-state index contributed by atoms with van der Waals surface area (Å²) >= 11 is 0. The SMILES string of the molecule is [2H]CO[C@@H](CC(=O)C(=O)O)[C@@H](O)[C@@H](O)[C@H](O)[C@H](O)CO. The van der Waals surface area contributed by atoms with Crippen LogP contribution in [0.1, 0.15) is 7.79 Å². The van der Waals surface area contributed by atoms with Crippen LogP contribution in [-0.2, 0) is 14.3 Å². The van der Waals surface area contributed by atoms with E-state index in [9.17, 15) is 24.9 Å². The number of carbonyl (C=O) groups excluding carboxylic acids is 1. The van der Waals surface area contributed by atoms with Crippen LogP contribution in [0.2, 0.25) is 0 Å². The van der Waals surface area contributed by atoms with Crippen LogP contribution in [0.3, 0.4) is 0 Å². The van der Waals surface area contributed by atoms with Gasteiger partial charge in [0.05, 0.1) is 14.1 Å². The molecule has 0 unspecified atom stereocenters. The fourth-order valence-corrected chi connectivity index (χ4v) is 1.31. The topological polar surface area (TPSA) is 165 Å². The number of ketones is 1. The summed E-state index contributed by atoms with van der Waals surface area (Å²) in [4.78, 5) is 21.4. The lowest BCUT2D eigenvalue weighted by molar-refractivity contribution is -0.158. The predicted octanol–water partition coefficient (Wildman–Crippen LogP) is -3.52. The molecular weight excluding hydrogens is 264 g/mol. The highest BCUT2D eigenvalue weighted by Gasteiger charge is 2.36. The number of aliphatic hydroxyl groups is 5. The first kappa shape index (κ1) is 16.0. The molecule has 0 rings (SSSR count). The van der Waals surface area contributed by atoms with Crippen molar-refractivity contribution in [3.05, 3.63) is 0 Å². The van der Waals surface area contributed by atoms with Gasteiger partial charge >= 0.3 is 5.97 Å². The zero-order chi connectivity index (χ0) is 15.9. The molecule has 19 heavy (non-hydrogen) atoms. The standard InChI is InChI=1S/C10H18O9/c1-19-6(2-4(12)10(17)18)8(15)9(16)7(14)5(13)3-11/h5-9,11,13-16H,2-3H2,1H3,(H,17,18)/t5-,6+,7-,8-,9+/m1/s1/i1D. The molecule has 6 N–H and O–H groups in total. The molecular formula is C10H18O9. The third-order valence-electron chi connectivity index (χ3n) is 2.50. The predicted molar refractivity (Wildman–Crippen MR) is 59.2 cm³/mol. The molecule has 0 saturated heterocycles. The number of rotatable bonds is 9. The quantitative estimate of drug-likeness (QED) is 0.235. The van der Waals surface area contributed by atoms with Crippen LogP contribution in [0.25, 0.3) is 0 Å². The van der Waals surface area contributed by atoms with Crippen LogP contribution in [-0.4, -0.2) is 86.6 Å². The minimum absolute atomic E-state index is 0.722. The van der Waals surface area contributed by atoms with Crippen molar-refractivity contribution in [2.45, 2.75) is 36.9 Å². The molecule has 0 aliphatic heterocycles. The zero-order valence-corrected chi connectivity index (χ0v) is 9.92. The molecule has 0 heterocycles. The van der Waals surface area contributed by atoms with Crippen LogP contribution in [0.15, 0.2) is 0 Å². The van der Waals surface area contributed by atoms with Gasteiger partial charge in [-0.1, -0.05) is 0 Å². The number of carboxylic acids is 1. The monoisotopic (exact) mass is 283 g/mol. The lowest BCUT2D eigenvalue weighted by Crippen LogP contribution is -2.51. The number of aliphatic carboxylic acids is 1. The summed E-state index contributed by atoms with van der Waals surface area (Å²) in [7, 11) is -0.722. The number of ether oxygens (including phenoxy) is 1. The molecule has 0 aromatic heterocycles. The lowest BCUT2D eigenvalue weighted by atomic mass is 9.96. The van der Waals surface area contributed by atoms with Crippen LogP contribution in [0.5, 0.6) is 0 Å². The van der Waals surface area contributed by atoms with E-state index in [1.54, 1.807) is 0 Å². The number of carbonyl (C=O) groups is 2. The second-order valence-electron chi connectivity index (χ2n) is 3.86. The van der Waals surface area contributed by atoms with E-state index in [-0.39, 0.29) is 0 Å². The van der Waals surface area contributed by atoms with Gasteiger partial charge in [-0.15, -0.1) is 0 Å². The summed E-state index contributed by atoms with van der Waals surface area (Å²) in [6.45, 7) is -0.886. The summed E-state index contributed by atoms with van der Waals surface area (Å²) in [5.74, 6) is -3.09. The molecule has 0 bridgehead atoms. The van der Waals surface area contributed by atoms with Gasteiger partial charge in [-0.2, -0.15) is 0 Å². The van der Waals surface area contributed by atoms with Crippen molar-refractivity contribution >= 4 is 11.8 Å². The molecule has 0 saturated carbocycles. The van der Waals surface area contributed by atoms with Crippen LogP contribution in [0, 0.1) is 0 Å². The first-order valence-electron chi connectivity index (χ1n) is 5.97. The molecule has 0 radical (unpaired) electrons. The highest BCUT2D eigenvalue weighted by atomic mass is 16.5. The van der Waals surface area contributed by atoms with E-state index in [1.165, 1.54) is 0 Å². The van der Waals surface area contributed by atoms with Crippen molar-refractivity contribution in [3.63, 3.8) is 0 Å². The van der Waals surface area contributed by atoms with Gasteiger partial charge in [0, 0.05) is 13.5 Å². The Morgan fingerprint density at radius 2 is 1.74 bits per heavy atom. The van der Waals surface area contributed by atoms with Gasteiger partial charge in [0.25, 0.3) is 0 Å². The van der Waals surface area contributed by atoms with Crippen molar-refractivity contribution in [1.29, 1.82) is 0 Å². The maximum atomic E-state index is 11.0. The minimum Gasteiger partial charge on any atom is -0.475 e. The smallest absolute Gasteiger partial charge is 0.372 e. The van der Waals surface area contributed by atoms with Crippen LogP contribution < -0.4 is 0 Å². The first-order chi connectivity index (χ1) is 9.26. The molecule has 5 atom stereocenters. The number of carboxylic acid groups (broad SMARTS) is 1. The maximum absolute atomic E-state index is 11.0. The second kappa shape index (κ2) is 8.15. The van der Waals surface area contributed by atoms with E-state index in [2.05, 4.69) is 4.74 Å². The maximum Gasteiger partial charge on any atom is 0.372 e. The number of hydrogen-bond acceptors (Lipinski definition) is 8. The Balaban J connectivity index is 4.81. The average Bonchev–Trinajstić information content (AvgIpc) is 2.43. The normalized spacial score (nSPS) is 19.9. The number of hydrogen-bond donors (Lipinski definition) is 6. The Morgan fingerprint density at radius 3 is 2.16 bits per heavy atom. The number of methoxy groups -OCH3 is 1. The van der Waals surface area contributed by atoms with E-state index in [4.69, 9.17) is 16.7 Å². The van der Waals surface area contributed by atoms with E-state index in [0.717, 1.165) is 0 Å². The van der Waals surface area contributed by atoms with E-state index in [1.807, 2.05) is 0 Å². The summed E-state index contributed by atoms with van der Waals surface area (Å²) in [5.41, 5.74) is 0. The third-order valence-corrected chi connectivity index (χ3v) is 2.50. The van der Waals surface area contributed by atoms with Gasteiger partial charge < -0.3 is 35.4 Å². The molecule has 112 valence electrons. The zero-order valence-electron chi connectivity index (χ0n) is 10.9. The van der Waals surface area contributed by atoms with Crippen molar-refractivity contribution in [2.75, 3.05) is 13.7 Å². The van der Waals surface area contributed by atoms with Crippen LogP contribution in [0.4, 0.5) is 0 Å². The second-order valence-corrected chi connectivity index (χ2v) is 3.86. The van der Waals surface area contributed by atoms with Crippen LogP contribution >= 0.6 is 0 Å². The molecule has 0 aromatic carbocycles. The number of aliphatic hydroxyl groups excluding tert-OH is 5. The first-order valence-corrected chi connectivity index (χ1v) is 5.26. The summed E-state index contributed by atoms with van der Waals surface area (Å²) in [6.07, 6.45) is -9.99. The minimum atomic E-state index is -2.00. The molecule has 0 spiro atoms. The van der Waals surface area contributed by atoms with Gasteiger partial charge in [-0.05, 0) is 0 Å². The summed E-state index contributed by atoms with van der Waals surface area (Å²) < 4.78 is 11.4. The van der Waals surface area contributed by atoms with Crippen molar-refractivity contribution in [2.24, 2.45) is 0 Å². The van der Waals surface area contributed by atoms with E-state index < -0.39 is 62.4 Å². The highest BCUT2D eigenvalue weighted by Crippen LogP contribution is 2.13. The molecule has 0 aliphatic rings. The summed E-state index contributed by atoms with van der Waals surface area (Å²) in [5, 5.41) is 54.8. The Hall–Kier alpha value is -1.10. The fourth-order valence-electron chi connectivity index (χ4n) is 1.31. The Morgan fingerprint density at radius 1 is 1.16 bits per heavy atom. The lowest BCUT2D eigenvalue weighted by Gasteiger charge is -2.29. The van der Waals surface area contributed by atoms with Crippen molar-refractivity contribution in [3.8, 4) is 0 Å². The van der Waals surface area contributed by atoms with Gasteiger partial charge in [-0.25, -0.2) is 4.79 Å². The van der Waals surface area contributed by atoms with Crippen molar-refractivity contribution in [1.82, 2.24) is 0 Å². The van der Waals surface area contributed by atoms with Gasteiger partial charge in [0.1, 0.15) is 24.4 Å². The Labute approximate surface area is 110 Å². The third kappa shape index (κ3) is 5.19. The largest absolute Gasteiger partial charge is 0.475 e. The van der Waals surface area contributed by atoms with Gasteiger partial charge in [-0.3, -0.25) is 4.79 Å². The Kier molecular flexibility index (Phi) is 6.84. The van der Waals surface area contributed by atoms with E-state index in [0.29, 0.717) is 0 Å². The van der Waals surface area contributed by atoms with E-state index >= 15 is 0 Å². The van der Waals surface area contributed by atoms with Gasteiger partial charge in [0.2, 0.25) is 5.78 Å². The van der Waals surface area contributed by atoms with Crippen molar-refractivity contribution < 1.29 is 46.3 Å². The molecule has 9 nitrogen and oxygen atoms in total. The summed E-state index contributed by atoms with van der Waals surface area (Å²) in [6, 6.07) is 0. The number of Topliss-reactive ketones (excluding diaryl/α,β-unsaturated/α-hetero) is 1. The highest BCUT2D eigenvalue weighted by molar-refractivity contribution is 6.32. The molecule has 0 aliphatic carbocycles. The Bertz CT molecular complexity index is 324.